The van der Waals surface area contributed by atoms with Gasteiger partial charge in [0.2, 0.25) is 11.8 Å². The van der Waals surface area contributed by atoms with Gasteiger partial charge in [-0.3, -0.25) is 9.59 Å². The number of nitrogens with one attached hydrogen (secondary N) is 3. The molecule has 2 aromatic carbocycles. The summed E-state index contributed by atoms with van der Waals surface area (Å²) in [7, 11) is 1.19. The van der Waals surface area contributed by atoms with Crippen molar-refractivity contribution in [2.75, 3.05) is 13.7 Å². The molecule has 0 aliphatic carbocycles. The Morgan fingerprint density at radius 3 is 2.00 bits per heavy atom. The zero-order valence-corrected chi connectivity index (χ0v) is 21.7. The van der Waals surface area contributed by atoms with Crippen molar-refractivity contribution in [1.82, 2.24) is 16.0 Å². The first kappa shape index (κ1) is 30.1. The molecular weight excluding hydrogens is 494 g/mol. The summed E-state index contributed by atoms with van der Waals surface area (Å²) in [5.41, 5.74) is 1.41. The first-order chi connectivity index (χ1) is 18.1. The Morgan fingerprint density at radius 2 is 1.42 bits per heavy atom. The van der Waals surface area contributed by atoms with Crippen molar-refractivity contribution >= 4 is 23.9 Å². The Labute approximate surface area is 221 Å². The van der Waals surface area contributed by atoms with Gasteiger partial charge in [0, 0.05) is 6.42 Å². The van der Waals surface area contributed by atoms with Crippen LogP contribution in [0.4, 0.5) is 4.79 Å². The molecule has 0 spiro atoms. The minimum absolute atomic E-state index is 0.0175. The summed E-state index contributed by atoms with van der Waals surface area (Å²) in [5, 5.41) is 26.6. The number of aromatic hydroxyl groups is 1. The summed E-state index contributed by atoms with van der Waals surface area (Å²) in [6.07, 6.45) is -0.594. The van der Waals surface area contributed by atoms with Crippen LogP contribution in [-0.4, -0.2) is 65.9 Å². The number of hydrogen-bond donors (Lipinski definition) is 5. The molecule has 2 aromatic rings. The molecule has 5 N–H and O–H groups in total. The largest absolute Gasteiger partial charge is 0.508 e. The topological polar surface area (TPSA) is 163 Å². The highest BCUT2D eigenvalue weighted by molar-refractivity contribution is 5.93. The quantitative estimate of drug-likeness (QED) is 0.243. The summed E-state index contributed by atoms with van der Waals surface area (Å²) in [6, 6.07) is 11.6. The Kier molecular flexibility index (Phi) is 12.0. The highest BCUT2D eigenvalue weighted by Crippen LogP contribution is 2.13. The molecule has 0 radical (unpaired) electrons. The Bertz CT molecular complexity index is 1060. The molecule has 206 valence electrons. The van der Waals surface area contributed by atoms with E-state index in [1.54, 1.807) is 36.4 Å². The van der Waals surface area contributed by atoms with Crippen LogP contribution in [0.5, 0.6) is 5.75 Å². The van der Waals surface area contributed by atoms with E-state index in [1.807, 2.05) is 19.9 Å². The van der Waals surface area contributed by atoms with Gasteiger partial charge in [-0.15, -0.1) is 0 Å². The molecule has 0 saturated carbocycles. The predicted molar refractivity (Wildman–Crippen MR) is 138 cm³/mol. The zero-order valence-electron chi connectivity index (χ0n) is 21.7. The molecule has 0 fully saturated rings. The fraction of sp³-hybridized carbons (Fsp3) is 0.407. The smallest absolute Gasteiger partial charge is 0.408 e. The van der Waals surface area contributed by atoms with Crippen molar-refractivity contribution in [3.63, 3.8) is 0 Å². The number of carbonyl (C=O) groups excluding carboxylic acids is 4. The lowest BCUT2D eigenvalue weighted by molar-refractivity contribution is -0.145. The Hall–Kier alpha value is -4.12. The molecule has 2 rings (SSSR count). The predicted octanol–water partition coefficient (Wildman–Crippen LogP) is 1.41. The summed E-state index contributed by atoms with van der Waals surface area (Å²) >= 11 is 0. The summed E-state index contributed by atoms with van der Waals surface area (Å²) in [5.74, 6) is -2.07. The summed E-state index contributed by atoms with van der Waals surface area (Å²) < 4.78 is 9.92. The molecule has 11 heteroatoms. The van der Waals surface area contributed by atoms with E-state index in [9.17, 15) is 29.4 Å². The molecule has 0 unspecified atom stereocenters. The van der Waals surface area contributed by atoms with E-state index in [0.717, 1.165) is 5.56 Å². The van der Waals surface area contributed by atoms with Crippen LogP contribution in [0.3, 0.4) is 0 Å². The Morgan fingerprint density at radius 1 is 0.816 bits per heavy atom. The minimum atomic E-state index is -1.37. The van der Waals surface area contributed by atoms with E-state index in [2.05, 4.69) is 16.0 Å². The standard InChI is InChI=1S/C27H35N3O8/c1-17(2)13-21(24(33)29-22(26(35)37-3)14-18-9-11-20(32)12-10-18)28-25(34)23(15-31)30-27(36)38-16-19-7-5-4-6-8-19/h4-12,17,21-23,31-32H,13-16H2,1-3H3,(H,28,34)(H,29,33)(H,30,36)/t21-,22-,23-/m1/s1. The second-order valence-electron chi connectivity index (χ2n) is 9.09. The van der Waals surface area contributed by atoms with Gasteiger partial charge in [0.15, 0.2) is 0 Å². The maximum atomic E-state index is 13.1. The van der Waals surface area contributed by atoms with Gasteiger partial charge in [-0.05, 0) is 35.6 Å². The molecule has 3 amide bonds. The number of amides is 3. The number of methoxy groups -OCH3 is 1. The van der Waals surface area contributed by atoms with Crippen LogP contribution in [0, 0.1) is 5.92 Å². The molecule has 0 bridgehead atoms. The van der Waals surface area contributed by atoms with Gasteiger partial charge in [-0.2, -0.15) is 0 Å². The van der Waals surface area contributed by atoms with Gasteiger partial charge >= 0.3 is 12.1 Å². The maximum absolute atomic E-state index is 13.1. The molecule has 0 aromatic heterocycles. The second kappa shape index (κ2) is 15.2. The van der Waals surface area contributed by atoms with Crippen LogP contribution >= 0.6 is 0 Å². The van der Waals surface area contributed by atoms with Crippen molar-refractivity contribution in [2.45, 2.75) is 51.4 Å². The third kappa shape index (κ3) is 10.1. The Balaban J connectivity index is 2.04. The second-order valence-corrected chi connectivity index (χ2v) is 9.09. The van der Waals surface area contributed by atoms with Gasteiger partial charge in [0.05, 0.1) is 13.7 Å². The fourth-order valence-electron chi connectivity index (χ4n) is 3.55. The van der Waals surface area contributed by atoms with Gasteiger partial charge in [0.1, 0.15) is 30.5 Å². The van der Waals surface area contributed by atoms with Crippen molar-refractivity contribution in [3.05, 3.63) is 65.7 Å². The lowest BCUT2D eigenvalue weighted by Gasteiger charge is -2.25. The first-order valence-corrected chi connectivity index (χ1v) is 12.2. The van der Waals surface area contributed by atoms with Crippen LogP contribution in [0.2, 0.25) is 0 Å². The molecule has 38 heavy (non-hydrogen) atoms. The van der Waals surface area contributed by atoms with E-state index < -0.39 is 48.6 Å². The fourth-order valence-corrected chi connectivity index (χ4v) is 3.55. The van der Waals surface area contributed by atoms with E-state index in [1.165, 1.54) is 19.2 Å². The number of benzene rings is 2. The minimum Gasteiger partial charge on any atom is -0.508 e. The van der Waals surface area contributed by atoms with Gasteiger partial charge in [-0.25, -0.2) is 9.59 Å². The number of alkyl carbamates (subject to hydrolysis) is 1. The zero-order chi connectivity index (χ0) is 28.1. The third-order valence-electron chi connectivity index (χ3n) is 5.52. The number of rotatable bonds is 13. The highest BCUT2D eigenvalue weighted by Gasteiger charge is 2.30. The molecule has 0 heterocycles. The number of carbonyl (C=O) groups is 4. The molecular formula is C27H35N3O8. The number of esters is 1. The van der Waals surface area contributed by atoms with E-state index in [0.29, 0.717) is 5.56 Å². The van der Waals surface area contributed by atoms with Gasteiger partial charge < -0.3 is 35.6 Å². The van der Waals surface area contributed by atoms with Crippen LogP contribution in [0.15, 0.2) is 54.6 Å². The van der Waals surface area contributed by atoms with Gasteiger partial charge in [-0.1, -0.05) is 56.3 Å². The average molecular weight is 530 g/mol. The molecule has 3 atom stereocenters. The number of aliphatic hydroxyl groups is 1. The summed E-state index contributed by atoms with van der Waals surface area (Å²) in [6.45, 7) is 2.95. The number of hydrogen-bond acceptors (Lipinski definition) is 8. The van der Waals surface area contributed by atoms with E-state index in [4.69, 9.17) is 9.47 Å². The van der Waals surface area contributed by atoms with Crippen LogP contribution in [-0.2, 0) is 36.9 Å². The van der Waals surface area contributed by atoms with Crippen molar-refractivity contribution in [3.8, 4) is 5.75 Å². The monoisotopic (exact) mass is 529 g/mol. The van der Waals surface area contributed by atoms with E-state index >= 15 is 0 Å². The van der Waals surface area contributed by atoms with Gasteiger partial charge in [0.25, 0.3) is 0 Å². The number of phenols is 1. The molecule has 0 aliphatic heterocycles. The lowest BCUT2D eigenvalue weighted by atomic mass is 10.0. The highest BCUT2D eigenvalue weighted by atomic mass is 16.5. The normalized spacial score (nSPS) is 13.1. The molecule has 11 nitrogen and oxygen atoms in total. The van der Waals surface area contributed by atoms with E-state index in [-0.39, 0.29) is 31.1 Å². The van der Waals surface area contributed by atoms with Crippen molar-refractivity contribution < 1.29 is 38.9 Å². The summed E-state index contributed by atoms with van der Waals surface area (Å²) in [4.78, 5) is 50.5. The number of phenolic OH excluding ortho intramolecular Hbond substituents is 1. The number of aliphatic hydroxyl groups excluding tert-OH is 1. The lowest BCUT2D eigenvalue weighted by Crippen LogP contribution is -2.57. The molecule has 0 aliphatic rings. The van der Waals surface area contributed by atoms with Crippen LogP contribution in [0.25, 0.3) is 0 Å². The van der Waals surface area contributed by atoms with Crippen molar-refractivity contribution in [1.29, 1.82) is 0 Å². The average Bonchev–Trinajstić information content (AvgIpc) is 2.90. The van der Waals surface area contributed by atoms with Crippen LogP contribution < -0.4 is 16.0 Å². The van der Waals surface area contributed by atoms with Crippen molar-refractivity contribution in [2.24, 2.45) is 5.92 Å². The third-order valence-corrected chi connectivity index (χ3v) is 5.52. The number of ether oxygens (including phenoxy) is 2. The first-order valence-electron chi connectivity index (χ1n) is 12.2. The molecule has 0 saturated heterocycles. The maximum Gasteiger partial charge on any atom is 0.408 e. The SMILES string of the molecule is COC(=O)[C@@H](Cc1ccc(O)cc1)NC(=O)[C@@H](CC(C)C)NC(=O)[C@@H](CO)NC(=O)OCc1ccccc1. The van der Waals surface area contributed by atoms with Crippen LogP contribution in [0.1, 0.15) is 31.4 Å².